The van der Waals surface area contributed by atoms with Gasteiger partial charge in [-0.3, -0.25) is 4.79 Å². The smallest absolute Gasteiger partial charge is 0.255 e. The summed E-state index contributed by atoms with van der Waals surface area (Å²) in [7, 11) is 1.61. The third-order valence-electron chi connectivity index (χ3n) is 6.58. The number of fused-ring (bicyclic) bond motifs is 1. The van der Waals surface area contributed by atoms with Crippen LogP contribution in [0, 0.1) is 0 Å². The molecule has 5 nitrogen and oxygen atoms in total. The van der Waals surface area contributed by atoms with Crippen LogP contribution in [-0.2, 0) is 0 Å². The number of piperidine rings is 1. The molecule has 2 heterocycles. The van der Waals surface area contributed by atoms with E-state index in [2.05, 4.69) is 47.5 Å². The van der Waals surface area contributed by atoms with Crippen LogP contribution in [0.1, 0.15) is 36.5 Å². The summed E-state index contributed by atoms with van der Waals surface area (Å²) in [5.74, 6) is 0.559. The minimum Gasteiger partial charge on any atom is -0.497 e. The van der Waals surface area contributed by atoms with Crippen LogP contribution in [0.5, 0.6) is 5.75 Å². The molecule has 5 heteroatoms. The first kappa shape index (κ1) is 22.0. The lowest BCUT2D eigenvalue weighted by Crippen LogP contribution is -2.37. The number of methoxy groups -OCH3 is 1. The highest BCUT2D eigenvalue weighted by Crippen LogP contribution is 2.29. The summed E-state index contributed by atoms with van der Waals surface area (Å²) >= 11 is 0. The highest BCUT2D eigenvalue weighted by atomic mass is 16.5. The number of carbonyl (C=O) groups is 1. The number of aromatic nitrogens is 1. The van der Waals surface area contributed by atoms with Crippen molar-refractivity contribution in [3.8, 4) is 17.0 Å². The van der Waals surface area contributed by atoms with Crippen molar-refractivity contribution in [2.24, 2.45) is 0 Å². The number of ether oxygens (including phenoxy) is 1. The predicted octanol–water partition coefficient (Wildman–Crippen LogP) is 6.54. The van der Waals surface area contributed by atoms with Crippen LogP contribution in [0.2, 0.25) is 0 Å². The monoisotopic (exact) mass is 451 g/mol. The highest BCUT2D eigenvalue weighted by Gasteiger charge is 2.18. The Balaban J connectivity index is 1.36. The SMILES string of the molecule is COc1ccc(C(=O)Nc2cccc(-c3ccc4cc(N5CCCCC5C)ccc4n3)c2)cc1. The molecule has 1 aliphatic heterocycles. The molecular weight excluding hydrogens is 422 g/mol. The number of hydrogen-bond donors (Lipinski definition) is 1. The number of nitrogens with one attached hydrogen (secondary N) is 1. The molecule has 4 aromatic rings. The summed E-state index contributed by atoms with van der Waals surface area (Å²) in [4.78, 5) is 20.1. The van der Waals surface area contributed by atoms with Gasteiger partial charge in [0.1, 0.15) is 5.75 Å². The average molecular weight is 452 g/mol. The zero-order valence-electron chi connectivity index (χ0n) is 19.6. The maximum atomic E-state index is 12.7. The van der Waals surface area contributed by atoms with Gasteiger partial charge < -0.3 is 15.0 Å². The topological polar surface area (TPSA) is 54.5 Å². The Kier molecular flexibility index (Phi) is 6.17. The van der Waals surface area contributed by atoms with Crippen LogP contribution in [0.3, 0.4) is 0 Å². The van der Waals surface area contributed by atoms with E-state index >= 15 is 0 Å². The minimum absolute atomic E-state index is 0.161. The Morgan fingerprint density at radius 2 is 1.85 bits per heavy atom. The molecule has 1 aromatic heterocycles. The van der Waals surface area contributed by atoms with Gasteiger partial charge >= 0.3 is 0 Å². The molecule has 0 radical (unpaired) electrons. The quantitative estimate of drug-likeness (QED) is 0.374. The molecule has 0 aliphatic carbocycles. The Hall–Kier alpha value is -3.86. The van der Waals surface area contributed by atoms with E-state index in [1.54, 1.807) is 31.4 Å². The molecule has 172 valence electrons. The first-order chi connectivity index (χ1) is 16.6. The van der Waals surface area contributed by atoms with Gasteiger partial charge in [0.2, 0.25) is 0 Å². The Morgan fingerprint density at radius 1 is 1.00 bits per heavy atom. The van der Waals surface area contributed by atoms with Gasteiger partial charge in [0, 0.05) is 40.5 Å². The third-order valence-corrected chi connectivity index (χ3v) is 6.58. The number of rotatable bonds is 5. The number of carbonyl (C=O) groups excluding carboxylic acids is 1. The molecule has 1 saturated heterocycles. The van der Waals surface area contributed by atoms with Crippen LogP contribution < -0.4 is 15.0 Å². The zero-order valence-corrected chi connectivity index (χ0v) is 19.6. The second kappa shape index (κ2) is 9.56. The molecule has 0 spiro atoms. The predicted molar refractivity (Wildman–Crippen MR) is 139 cm³/mol. The Morgan fingerprint density at radius 3 is 2.65 bits per heavy atom. The molecule has 0 bridgehead atoms. The largest absolute Gasteiger partial charge is 0.497 e. The van der Waals surface area contributed by atoms with Crippen LogP contribution in [0.15, 0.2) is 78.9 Å². The summed E-state index contributed by atoms with van der Waals surface area (Å²) in [6.45, 7) is 3.43. The van der Waals surface area contributed by atoms with Gasteiger partial charge in [-0.15, -0.1) is 0 Å². The van der Waals surface area contributed by atoms with Crippen molar-refractivity contribution in [2.75, 3.05) is 23.9 Å². The van der Waals surface area contributed by atoms with Gasteiger partial charge in [-0.25, -0.2) is 4.98 Å². The summed E-state index contributed by atoms with van der Waals surface area (Å²) < 4.78 is 5.16. The third kappa shape index (κ3) is 4.60. The van der Waals surface area contributed by atoms with E-state index in [4.69, 9.17) is 9.72 Å². The molecule has 1 amide bonds. The van der Waals surface area contributed by atoms with E-state index in [0.717, 1.165) is 40.1 Å². The second-order valence-electron chi connectivity index (χ2n) is 8.88. The highest BCUT2D eigenvalue weighted by molar-refractivity contribution is 6.04. The first-order valence-electron chi connectivity index (χ1n) is 11.8. The summed E-state index contributed by atoms with van der Waals surface area (Å²) in [6.07, 6.45) is 3.82. The summed E-state index contributed by atoms with van der Waals surface area (Å²) in [5.41, 5.74) is 5.40. The van der Waals surface area contributed by atoms with Crippen molar-refractivity contribution >= 4 is 28.2 Å². The fraction of sp³-hybridized carbons (Fsp3) is 0.241. The Labute approximate surface area is 200 Å². The molecule has 1 N–H and O–H groups in total. The number of pyridine rings is 1. The normalized spacial score (nSPS) is 15.8. The average Bonchev–Trinajstić information content (AvgIpc) is 2.88. The lowest BCUT2D eigenvalue weighted by molar-refractivity contribution is 0.102. The van der Waals surface area contributed by atoms with Gasteiger partial charge in [0.25, 0.3) is 5.91 Å². The summed E-state index contributed by atoms with van der Waals surface area (Å²) in [6, 6.07) is 26.2. The fourth-order valence-electron chi connectivity index (χ4n) is 4.64. The molecule has 3 aromatic carbocycles. The van der Waals surface area contributed by atoms with E-state index in [0.29, 0.717) is 11.6 Å². The van der Waals surface area contributed by atoms with Gasteiger partial charge in [-0.1, -0.05) is 18.2 Å². The van der Waals surface area contributed by atoms with Crippen LogP contribution in [-0.4, -0.2) is 30.6 Å². The van der Waals surface area contributed by atoms with E-state index in [-0.39, 0.29) is 5.91 Å². The molecule has 34 heavy (non-hydrogen) atoms. The first-order valence-corrected chi connectivity index (χ1v) is 11.8. The number of nitrogens with zero attached hydrogens (tertiary/aromatic N) is 2. The molecule has 1 fully saturated rings. The molecule has 1 aliphatic rings. The van der Waals surface area contributed by atoms with Crippen molar-refractivity contribution in [2.45, 2.75) is 32.2 Å². The molecule has 1 unspecified atom stereocenters. The van der Waals surface area contributed by atoms with E-state index in [9.17, 15) is 4.79 Å². The van der Waals surface area contributed by atoms with Crippen molar-refractivity contribution in [3.05, 3.63) is 84.4 Å². The second-order valence-corrected chi connectivity index (χ2v) is 8.88. The van der Waals surface area contributed by atoms with Gasteiger partial charge in [-0.05, 0) is 86.8 Å². The Bertz CT molecular complexity index is 1320. The van der Waals surface area contributed by atoms with E-state index < -0.39 is 0 Å². The van der Waals surface area contributed by atoms with E-state index in [1.165, 1.54) is 24.9 Å². The lowest BCUT2D eigenvalue weighted by atomic mass is 10.0. The molecule has 5 rings (SSSR count). The van der Waals surface area contributed by atoms with Crippen molar-refractivity contribution in [1.29, 1.82) is 0 Å². The summed E-state index contributed by atoms with van der Waals surface area (Å²) in [5, 5.41) is 4.12. The maximum Gasteiger partial charge on any atom is 0.255 e. The standard InChI is InChI=1S/C29H29N3O2/c1-20-6-3-4-17-32(20)25-12-16-28-23(19-25)11-15-27(31-28)22-7-5-8-24(18-22)30-29(33)21-9-13-26(34-2)14-10-21/h5,7-16,18-20H,3-4,6,17H2,1-2H3,(H,30,33). The maximum absolute atomic E-state index is 12.7. The van der Waals surface area contributed by atoms with Gasteiger partial charge in [-0.2, -0.15) is 0 Å². The molecular formula is C29H29N3O2. The number of amides is 1. The van der Waals surface area contributed by atoms with E-state index in [1.807, 2.05) is 24.3 Å². The minimum atomic E-state index is -0.161. The van der Waals surface area contributed by atoms with Crippen molar-refractivity contribution < 1.29 is 9.53 Å². The molecule has 1 atom stereocenters. The van der Waals surface area contributed by atoms with Gasteiger partial charge in [0.15, 0.2) is 0 Å². The van der Waals surface area contributed by atoms with Crippen LogP contribution in [0.4, 0.5) is 11.4 Å². The number of anilines is 2. The van der Waals surface area contributed by atoms with Crippen molar-refractivity contribution in [3.63, 3.8) is 0 Å². The van der Waals surface area contributed by atoms with Crippen LogP contribution >= 0.6 is 0 Å². The number of benzene rings is 3. The zero-order chi connectivity index (χ0) is 23.5. The molecule has 0 saturated carbocycles. The lowest BCUT2D eigenvalue weighted by Gasteiger charge is -2.35. The van der Waals surface area contributed by atoms with Crippen molar-refractivity contribution in [1.82, 2.24) is 4.98 Å². The van der Waals surface area contributed by atoms with Gasteiger partial charge in [0.05, 0.1) is 18.3 Å². The number of hydrogen-bond acceptors (Lipinski definition) is 4. The fourth-order valence-corrected chi connectivity index (χ4v) is 4.64. The van der Waals surface area contributed by atoms with Crippen LogP contribution in [0.25, 0.3) is 22.2 Å².